The summed E-state index contributed by atoms with van der Waals surface area (Å²) in [6, 6.07) is 3.15. The van der Waals surface area contributed by atoms with Crippen LogP contribution in [0.25, 0.3) is 0 Å². The predicted molar refractivity (Wildman–Crippen MR) is 50.1 cm³/mol. The summed E-state index contributed by atoms with van der Waals surface area (Å²) in [5.74, 6) is -3.12. The highest BCUT2D eigenvalue weighted by atomic mass is 35.5. The second-order valence-electron chi connectivity index (χ2n) is 2.55. The molecule has 78 valence electrons. The van der Waals surface area contributed by atoms with Crippen molar-refractivity contribution >= 4 is 29.0 Å². The van der Waals surface area contributed by atoms with Crippen molar-refractivity contribution in [2.75, 3.05) is 0 Å². The van der Waals surface area contributed by atoms with E-state index < -0.39 is 27.9 Å². The number of nitrogens with zero attached hydrogens (tertiary/aromatic N) is 1. The van der Waals surface area contributed by atoms with Crippen LogP contribution >= 0.6 is 11.6 Å². The van der Waals surface area contributed by atoms with Crippen molar-refractivity contribution < 1.29 is 19.6 Å². The maximum absolute atomic E-state index is 11.1. The zero-order valence-electron chi connectivity index (χ0n) is 7.14. The van der Waals surface area contributed by atoms with E-state index in [1.807, 2.05) is 0 Å². The molecule has 0 amide bonds. The second-order valence-corrected chi connectivity index (χ2v) is 2.99. The Morgan fingerprint density at radius 3 is 2.47 bits per heavy atom. The summed E-state index contributed by atoms with van der Waals surface area (Å²) in [5.41, 5.74) is -1.10. The Bertz CT molecular complexity index is 456. The quantitative estimate of drug-likeness (QED) is 0.367. The van der Waals surface area contributed by atoms with E-state index in [-0.39, 0.29) is 5.02 Å². The molecule has 1 aromatic rings. The number of carboxylic acid groups (broad SMARTS) is 1. The number of carbonyl (C=O) groups is 2. The molecule has 0 heterocycles. The first-order valence-electron chi connectivity index (χ1n) is 3.65. The first-order valence-corrected chi connectivity index (χ1v) is 4.03. The molecule has 1 rings (SSSR count). The molecule has 0 saturated heterocycles. The number of ketones is 1. The van der Waals surface area contributed by atoms with Crippen molar-refractivity contribution in [3.05, 3.63) is 38.9 Å². The minimum absolute atomic E-state index is 0.0604. The fourth-order valence-corrected chi connectivity index (χ4v) is 1.14. The van der Waals surface area contributed by atoms with Crippen molar-refractivity contribution in [3.8, 4) is 0 Å². The van der Waals surface area contributed by atoms with Gasteiger partial charge in [-0.2, -0.15) is 0 Å². The summed E-state index contributed by atoms with van der Waals surface area (Å²) in [4.78, 5) is 31.1. The topological polar surface area (TPSA) is 97.5 Å². The maximum atomic E-state index is 11.1. The number of hydrogen-bond acceptors (Lipinski definition) is 4. The van der Waals surface area contributed by atoms with Crippen molar-refractivity contribution in [1.82, 2.24) is 0 Å². The number of carboxylic acids is 1. The van der Waals surface area contributed by atoms with Gasteiger partial charge < -0.3 is 5.11 Å². The number of nitro groups is 1. The lowest BCUT2D eigenvalue weighted by molar-refractivity contribution is -0.385. The van der Waals surface area contributed by atoms with Crippen LogP contribution in [0.2, 0.25) is 5.02 Å². The van der Waals surface area contributed by atoms with Gasteiger partial charge in [-0.05, 0) is 12.1 Å². The van der Waals surface area contributed by atoms with Gasteiger partial charge in [0, 0.05) is 11.1 Å². The Hall–Kier alpha value is -1.95. The number of hydrogen-bond donors (Lipinski definition) is 1. The van der Waals surface area contributed by atoms with Crippen LogP contribution in [0.1, 0.15) is 10.4 Å². The van der Waals surface area contributed by atoms with Gasteiger partial charge in [0.2, 0.25) is 0 Å². The van der Waals surface area contributed by atoms with Crippen LogP contribution in [0, 0.1) is 10.1 Å². The third-order valence-corrected chi connectivity index (χ3v) is 1.83. The molecule has 0 unspecified atom stereocenters. The first-order chi connectivity index (χ1) is 6.93. The number of Topliss-reactive ketones (excluding diaryl/α,β-unsaturated/α-hetero) is 1. The molecule has 1 aromatic carbocycles. The molecule has 0 aliphatic heterocycles. The van der Waals surface area contributed by atoms with Gasteiger partial charge in [-0.25, -0.2) is 4.79 Å². The molecular weight excluding hydrogens is 226 g/mol. The van der Waals surface area contributed by atoms with Crippen LogP contribution < -0.4 is 0 Å². The van der Waals surface area contributed by atoms with E-state index in [1.165, 1.54) is 6.07 Å². The highest BCUT2D eigenvalue weighted by Crippen LogP contribution is 2.23. The van der Waals surface area contributed by atoms with Crippen LogP contribution in [0.4, 0.5) is 5.69 Å². The average Bonchev–Trinajstić information content (AvgIpc) is 2.15. The summed E-state index contributed by atoms with van der Waals surface area (Å²) in [7, 11) is 0. The molecule has 0 spiro atoms. The lowest BCUT2D eigenvalue weighted by Crippen LogP contribution is -2.14. The molecule has 7 heteroatoms. The summed E-state index contributed by atoms with van der Waals surface area (Å²) in [6.45, 7) is 0. The van der Waals surface area contributed by atoms with Gasteiger partial charge in [-0.15, -0.1) is 0 Å². The van der Waals surface area contributed by atoms with Crippen LogP contribution in [-0.4, -0.2) is 21.8 Å². The monoisotopic (exact) mass is 229 g/mol. The number of rotatable bonds is 3. The normalized spacial score (nSPS) is 9.67. The van der Waals surface area contributed by atoms with Crippen molar-refractivity contribution in [2.24, 2.45) is 0 Å². The molecule has 0 aliphatic rings. The van der Waals surface area contributed by atoms with Crippen molar-refractivity contribution in [3.63, 3.8) is 0 Å². The molecular formula is C8H4ClNO5. The summed E-state index contributed by atoms with van der Waals surface area (Å²) in [6.07, 6.45) is 0. The van der Waals surface area contributed by atoms with E-state index in [2.05, 4.69) is 0 Å². The lowest BCUT2D eigenvalue weighted by Gasteiger charge is -1.99. The van der Waals surface area contributed by atoms with Gasteiger partial charge in [0.05, 0.1) is 4.92 Å². The minimum Gasteiger partial charge on any atom is -0.475 e. The molecule has 0 saturated carbocycles. The number of nitro benzene ring substituents is 1. The van der Waals surface area contributed by atoms with E-state index in [0.717, 1.165) is 12.1 Å². The third-order valence-electron chi connectivity index (χ3n) is 1.59. The number of benzene rings is 1. The predicted octanol–water partition coefficient (Wildman–Crippen LogP) is 1.52. The number of halogens is 1. The van der Waals surface area contributed by atoms with Gasteiger partial charge in [0.15, 0.2) is 0 Å². The zero-order chi connectivity index (χ0) is 11.6. The van der Waals surface area contributed by atoms with E-state index in [0.29, 0.717) is 0 Å². The van der Waals surface area contributed by atoms with Gasteiger partial charge >= 0.3 is 5.97 Å². The zero-order valence-corrected chi connectivity index (χ0v) is 7.89. The molecule has 0 fully saturated rings. The highest BCUT2D eigenvalue weighted by molar-refractivity contribution is 6.41. The molecule has 0 bridgehead atoms. The molecule has 6 nitrogen and oxygen atoms in total. The van der Waals surface area contributed by atoms with Crippen LogP contribution in [0.15, 0.2) is 18.2 Å². The van der Waals surface area contributed by atoms with Crippen LogP contribution in [0.3, 0.4) is 0 Å². The van der Waals surface area contributed by atoms with E-state index in [4.69, 9.17) is 16.7 Å². The second kappa shape index (κ2) is 4.05. The highest BCUT2D eigenvalue weighted by Gasteiger charge is 2.25. The van der Waals surface area contributed by atoms with E-state index in [9.17, 15) is 19.7 Å². The Labute approximate surface area is 88.2 Å². The first kappa shape index (κ1) is 11.1. The fraction of sp³-hybridized carbons (Fsp3) is 0. The molecule has 0 atom stereocenters. The number of aliphatic carboxylic acids is 1. The molecule has 15 heavy (non-hydrogen) atoms. The molecule has 0 aromatic heterocycles. The molecule has 1 N–H and O–H groups in total. The Morgan fingerprint density at radius 1 is 1.40 bits per heavy atom. The standard InChI is InChI=1S/C8H4ClNO5/c9-4-1-2-6(10(14)15)5(3-4)7(11)8(12)13/h1-3H,(H,12,13). The maximum Gasteiger partial charge on any atom is 0.377 e. The smallest absolute Gasteiger partial charge is 0.377 e. The fourth-order valence-electron chi connectivity index (χ4n) is 0.965. The Balaban J connectivity index is 3.37. The Morgan fingerprint density at radius 2 is 2.00 bits per heavy atom. The van der Waals surface area contributed by atoms with Crippen LogP contribution in [-0.2, 0) is 4.79 Å². The summed E-state index contributed by atoms with van der Waals surface area (Å²) in [5, 5.41) is 19.0. The van der Waals surface area contributed by atoms with Crippen molar-refractivity contribution in [1.29, 1.82) is 0 Å². The van der Waals surface area contributed by atoms with E-state index in [1.54, 1.807) is 0 Å². The number of carbonyl (C=O) groups excluding carboxylic acids is 1. The largest absolute Gasteiger partial charge is 0.475 e. The van der Waals surface area contributed by atoms with E-state index >= 15 is 0 Å². The molecule has 0 aliphatic carbocycles. The van der Waals surface area contributed by atoms with Crippen molar-refractivity contribution in [2.45, 2.75) is 0 Å². The molecule has 0 radical (unpaired) electrons. The van der Waals surface area contributed by atoms with Gasteiger partial charge in [0.25, 0.3) is 11.5 Å². The SMILES string of the molecule is O=C(O)C(=O)c1cc(Cl)ccc1[N+](=O)[O-]. The Kier molecular flexibility index (Phi) is 3.01. The van der Waals surface area contributed by atoms with Gasteiger partial charge in [0.1, 0.15) is 5.56 Å². The van der Waals surface area contributed by atoms with Crippen LogP contribution in [0.5, 0.6) is 0 Å². The lowest BCUT2D eigenvalue weighted by atomic mass is 10.1. The third kappa shape index (κ3) is 2.29. The average molecular weight is 230 g/mol. The van der Waals surface area contributed by atoms with Gasteiger partial charge in [-0.3, -0.25) is 14.9 Å². The minimum atomic E-state index is -1.76. The summed E-state index contributed by atoms with van der Waals surface area (Å²) < 4.78 is 0. The van der Waals surface area contributed by atoms with Gasteiger partial charge in [-0.1, -0.05) is 11.6 Å². The summed E-state index contributed by atoms with van der Waals surface area (Å²) >= 11 is 5.50.